The number of carbonyl (C=O) groups is 1. The summed E-state index contributed by atoms with van der Waals surface area (Å²) in [5, 5.41) is 2.60. The maximum atomic E-state index is 12.8. The molecule has 1 rings (SSSR count). The smallest absolute Gasteiger partial charge is 0.350 e. The number of rotatable bonds is 5. The molecule has 0 saturated carbocycles. The number of pyridine rings is 1. The predicted octanol–water partition coefficient (Wildman–Crippen LogP) is 3.65. The fourth-order valence-electron chi connectivity index (χ4n) is 1.78. The summed E-state index contributed by atoms with van der Waals surface area (Å²) in [6.45, 7) is 5.90. The van der Waals surface area contributed by atoms with Crippen molar-refractivity contribution >= 4 is 5.91 Å². The molecule has 3 nitrogen and oxygen atoms in total. The lowest BCUT2D eigenvalue weighted by molar-refractivity contribution is -0.138. The summed E-state index contributed by atoms with van der Waals surface area (Å²) in [7, 11) is 0. The molecule has 6 heteroatoms. The van der Waals surface area contributed by atoms with E-state index in [0.717, 1.165) is 18.9 Å². The van der Waals surface area contributed by atoms with Crippen LogP contribution in [0.1, 0.15) is 49.5 Å². The van der Waals surface area contributed by atoms with E-state index in [-0.39, 0.29) is 11.6 Å². The van der Waals surface area contributed by atoms with E-state index >= 15 is 0 Å². The molecule has 0 aliphatic carbocycles. The molecular formula is C14H19F3N2O. The lowest BCUT2D eigenvalue weighted by atomic mass is 10.0. The van der Waals surface area contributed by atoms with Crippen LogP contribution < -0.4 is 5.32 Å². The van der Waals surface area contributed by atoms with Crippen LogP contribution >= 0.6 is 0 Å². The Hall–Kier alpha value is -1.59. The van der Waals surface area contributed by atoms with E-state index in [4.69, 9.17) is 0 Å². The second-order valence-electron chi connectivity index (χ2n) is 5.26. The minimum atomic E-state index is -4.58. The first-order valence-corrected chi connectivity index (χ1v) is 6.54. The molecular weight excluding hydrogens is 269 g/mol. The van der Waals surface area contributed by atoms with Crippen molar-refractivity contribution in [2.45, 2.75) is 45.8 Å². The molecule has 1 atom stereocenters. The normalized spacial score (nSPS) is 13.3. The van der Waals surface area contributed by atoms with Gasteiger partial charge >= 0.3 is 6.18 Å². The molecule has 0 aromatic carbocycles. The van der Waals surface area contributed by atoms with Gasteiger partial charge in [0.2, 0.25) is 0 Å². The van der Waals surface area contributed by atoms with Crippen LogP contribution in [0, 0.1) is 5.92 Å². The van der Waals surface area contributed by atoms with Gasteiger partial charge < -0.3 is 5.32 Å². The maximum absolute atomic E-state index is 12.8. The molecule has 0 aliphatic rings. The molecule has 0 aliphatic heterocycles. The van der Waals surface area contributed by atoms with Crippen LogP contribution in [0.15, 0.2) is 18.5 Å². The Morgan fingerprint density at radius 1 is 1.30 bits per heavy atom. The molecule has 0 bridgehead atoms. The van der Waals surface area contributed by atoms with E-state index in [1.165, 1.54) is 6.20 Å². The summed E-state index contributed by atoms with van der Waals surface area (Å²) in [5.74, 6) is -0.225. The van der Waals surface area contributed by atoms with Crippen molar-refractivity contribution in [2.75, 3.05) is 0 Å². The Balaban J connectivity index is 2.78. The van der Waals surface area contributed by atoms with Gasteiger partial charge in [0.15, 0.2) is 0 Å². The minimum Gasteiger partial charge on any atom is -0.350 e. The maximum Gasteiger partial charge on any atom is 0.418 e. The van der Waals surface area contributed by atoms with E-state index in [2.05, 4.69) is 24.1 Å². The highest BCUT2D eigenvalue weighted by molar-refractivity contribution is 5.95. The number of alkyl halides is 3. The van der Waals surface area contributed by atoms with Crippen LogP contribution in [-0.4, -0.2) is 16.9 Å². The summed E-state index contributed by atoms with van der Waals surface area (Å²) in [6.07, 6.45) is -1.08. The van der Waals surface area contributed by atoms with E-state index in [1.807, 2.05) is 0 Å². The fourth-order valence-corrected chi connectivity index (χ4v) is 1.78. The first-order chi connectivity index (χ1) is 9.21. The van der Waals surface area contributed by atoms with Crippen LogP contribution in [-0.2, 0) is 6.18 Å². The monoisotopic (exact) mass is 288 g/mol. The van der Waals surface area contributed by atoms with Gasteiger partial charge in [-0.2, -0.15) is 13.2 Å². The van der Waals surface area contributed by atoms with Crippen molar-refractivity contribution in [1.82, 2.24) is 10.3 Å². The Labute approximate surface area is 116 Å². The Morgan fingerprint density at radius 2 is 1.95 bits per heavy atom. The Bertz CT molecular complexity index is 458. The topological polar surface area (TPSA) is 42.0 Å². The molecule has 1 amide bonds. The molecule has 1 aromatic rings. The van der Waals surface area contributed by atoms with E-state index in [9.17, 15) is 18.0 Å². The van der Waals surface area contributed by atoms with Gasteiger partial charge in [0, 0.05) is 18.4 Å². The van der Waals surface area contributed by atoms with E-state index in [1.54, 1.807) is 6.92 Å². The molecule has 1 heterocycles. The van der Waals surface area contributed by atoms with Crippen molar-refractivity contribution < 1.29 is 18.0 Å². The highest BCUT2D eigenvalue weighted by Crippen LogP contribution is 2.31. The van der Waals surface area contributed by atoms with Crippen LogP contribution in [0.25, 0.3) is 0 Å². The van der Waals surface area contributed by atoms with Gasteiger partial charge in [-0.15, -0.1) is 0 Å². The third-order valence-corrected chi connectivity index (χ3v) is 2.93. The van der Waals surface area contributed by atoms with Crippen LogP contribution in [0.3, 0.4) is 0 Å². The molecule has 20 heavy (non-hydrogen) atoms. The Morgan fingerprint density at radius 3 is 2.50 bits per heavy atom. The zero-order chi connectivity index (χ0) is 15.3. The quantitative estimate of drug-likeness (QED) is 0.898. The number of carbonyl (C=O) groups excluding carboxylic acids is 1. The first-order valence-electron chi connectivity index (χ1n) is 6.54. The Kier molecular flexibility index (Phi) is 5.53. The molecule has 0 saturated heterocycles. The summed E-state index contributed by atoms with van der Waals surface area (Å²) in [4.78, 5) is 15.4. The number of amides is 1. The zero-order valence-electron chi connectivity index (χ0n) is 11.8. The summed E-state index contributed by atoms with van der Waals surface area (Å²) in [5.41, 5.74) is -1.39. The highest BCUT2D eigenvalue weighted by Gasteiger charge is 2.35. The van der Waals surface area contributed by atoms with E-state index in [0.29, 0.717) is 12.1 Å². The van der Waals surface area contributed by atoms with Gasteiger partial charge in [0.05, 0.1) is 11.1 Å². The molecule has 1 N–H and O–H groups in total. The molecule has 0 unspecified atom stereocenters. The van der Waals surface area contributed by atoms with Crippen LogP contribution in [0.5, 0.6) is 0 Å². The summed E-state index contributed by atoms with van der Waals surface area (Å²) < 4.78 is 38.3. The van der Waals surface area contributed by atoms with Gasteiger partial charge in [-0.1, -0.05) is 13.8 Å². The molecule has 0 spiro atoms. The van der Waals surface area contributed by atoms with E-state index < -0.39 is 17.6 Å². The summed E-state index contributed by atoms with van der Waals surface area (Å²) >= 11 is 0. The lowest BCUT2D eigenvalue weighted by Crippen LogP contribution is -2.34. The van der Waals surface area contributed by atoms with Crippen molar-refractivity contribution in [2.24, 2.45) is 5.92 Å². The lowest BCUT2D eigenvalue weighted by Gasteiger charge is -2.17. The largest absolute Gasteiger partial charge is 0.418 e. The fraction of sp³-hybridized carbons (Fsp3) is 0.571. The van der Waals surface area contributed by atoms with Crippen molar-refractivity contribution in [3.05, 3.63) is 29.6 Å². The molecule has 1 aromatic heterocycles. The van der Waals surface area contributed by atoms with Gasteiger partial charge in [0.1, 0.15) is 0 Å². The number of aromatic nitrogens is 1. The third-order valence-electron chi connectivity index (χ3n) is 2.93. The van der Waals surface area contributed by atoms with Crippen molar-refractivity contribution in [3.8, 4) is 0 Å². The number of nitrogens with one attached hydrogen (secondary N) is 1. The second kappa shape index (κ2) is 6.72. The van der Waals surface area contributed by atoms with Gasteiger partial charge in [-0.3, -0.25) is 9.78 Å². The molecule has 0 fully saturated rings. The van der Waals surface area contributed by atoms with Crippen molar-refractivity contribution in [1.29, 1.82) is 0 Å². The van der Waals surface area contributed by atoms with Crippen molar-refractivity contribution in [3.63, 3.8) is 0 Å². The SMILES string of the molecule is CC(C)CC[C@@H](C)NC(=O)c1ccncc1C(F)(F)F. The average molecular weight is 288 g/mol. The number of hydrogen-bond donors (Lipinski definition) is 1. The van der Waals surface area contributed by atoms with Gasteiger partial charge in [-0.25, -0.2) is 0 Å². The zero-order valence-corrected chi connectivity index (χ0v) is 11.8. The first kappa shape index (κ1) is 16.5. The second-order valence-corrected chi connectivity index (χ2v) is 5.26. The minimum absolute atomic E-state index is 0.167. The van der Waals surface area contributed by atoms with Gasteiger partial charge in [0.25, 0.3) is 5.91 Å². The third kappa shape index (κ3) is 4.83. The van der Waals surface area contributed by atoms with Gasteiger partial charge in [-0.05, 0) is 31.7 Å². The standard InChI is InChI=1S/C14H19F3N2O/c1-9(2)4-5-10(3)19-13(20)11-6-7-18-8-12(11)14(15,16)17/h6-10H,4-5H2,1-3H3,(H,19,20)/t10-/m1/s1. The molecule has 0 radical (unpaired) electrons. The number of nitrogens with zero attached hydrogens (tertiary/aromatic N) is 1. The van der Waals surface area contributed by atoms with Crippen LogP contribution in [0.4, 0.5) is 13.2 Å². The number of halogens is 3. The number of hydrogen-bond acceptors (Lipinski definition) is 2. The van der Waals surface area contributed by atoms with Crippen LogP contribution in [0.2, 0.25) is 0 Å². The average Bonchev–Trinajstić information content (AvgIpc) is 2.35. The predicted molar refractivity (Wildman–Crippen MR) is 70.2 cm³/mol. The highest BCUT2D eigenvalue weighted by atomic mass is 19.4. The summed E-state index contributed by atoms with van der Waals surface area (Å²) in [6, 6.07) is 0.923. The molecule has 112 valence electrons.